The molecule has 0 saturated carbocycles. The second-order valence-electron chi connectivity index (χ2n) is 4.29. The Balaban J connectivity index is 2.46. The molecule has 0 fully saturated rings. The van der Waals surface area contributed by atoms with Crippen LogP contribution in [0.5, 0.6) is 0 Å². The van der Waals surface area contributed by atoms with E-state index in [0.717, 1.165) is 5.69 Å². The number of amides is 1. The van der Waals surface area contributed by atoms with Gasteiger partial charge in [0, 0.05) is 12.3 Å². The molecule has 1 aromatic heterocycles. The second-order valence-corrected chi connectivity index (χ2v) is 4.29. The predicted octanol–water partition coefficient (Wildman–Crippen LogP) is 1.65. The summed E-state index contributed by atoms with van der Waals surface area (Å²) in [7, 11) is 0. The van der Waals surface area contributed by atoms with E-state index in [0.29, 0.717) is 12.4 Å². The minimum atomic E-state index is -0.362. The first-order valence-electron chi connectivity index (χ1n) is 4.59. The summed E-state index contributed by atoms with van der Waals surface area (Å²) in [5.41, 5.74) is 0.388. The average Bonchev–Trinajstić information content (AvgIpc) is 2.45. The molecule has 0 radical (unpaired) electrons. The molecule has 4 heteroatoms. The maximum atomic E-state index is 11.5. The molecule has 0 aliphatic carbocycles. The molecule has 0 unspecified atom stereocenters. The summed E-state index contributed by atoms with van der Waals surface area (Å²) in [5, 5.41) is 2.79. The lowest BCUT2D eigenvalue weighted by Crippen LogP contribution is -2.34. The van der Waals surface area contributed by atoms with Crippen molar-refractivity contribution in [1.82, 2.24) is 10.3 Å². The summed E-state index contributed by atoms with van der Waals surface area (Å²) >= 11 is 0. The molecule has 1 N–H and O–H groups in total. The number of aryl methyl sites for hydroxylation is 1. The molecule has 0 bridgehead atoms. The first-order chi connectivity index (χ1) is 6.39. The van der Waals surface area contributed by atoms with Crippen molar-refractivity contribution < 1.29 is 9.21 Å². The fourth-order valence-corrected chi connectivity index (χ4v) is 0.925. The van der Waals surface area contributed by atoms with Crippen molar-refractivity contribution in [2.24, 2.45) is 5.41 Å². The summed E-state index contributed by atoms with van der Waals surface area (Å²) in [6.07, 6.45) is 1.55. The molecule has 4 nitrogen and oxygen atoms in total. The number of carbonyl (C=O) groups excluding carboxylic acids is 1. The number of hydrogen-bond donors (Lipinski definition) is 1. The number of nitrogens with zero attached hydrogens (tertiary/aromatic N) is 1. The van der Waals surface area contributed by atoms with Crippen LogP contribution in [-0.2, 0) is 11.3 Å². The summed E-state index contributed by atoms with van der Waals surface area (Å²) in [6, 6.07) is 0. The SMILES string of the molecule is Cc1nc(CNC(=O)C(C)(C)C)co1. The van der Waals surface area contributed by atoms with Gasteiger partial charge in [0.15, 0.2) is 5.89 Å². The zero-order valence-electron chi connectivity index (χ0n) is 9.05. The van der Waals surface area contributed by atoms with E-state index in [1.165, 1.54) is 0 Å². The summed E-state index contributed by atoms with van der Waals surface area (Å²) in [6.45, 7) is 7.81. The predicted molar refractivity (Wildman–Crippen MR) is 52.5 cm³/mol. The molecule has 0 spiro atoms. The third-order valence-electron chi connectivity index (χ3n) is 1.78. The Morgan fingerprint density at radius 1 is 1.57 bits per heavy atom. The number of hydrogen-bond acceptors (Lipinski definition) is 3. The van der Waals surface area contributed by atoms with Crippen LogP contribution in [0.3, 0.4) is 0 Å². The molecule has 1 amide bonds. The van der Waals surface area contributed by atoms with E-state index < -0.39 is 0 Å². The molecule has 0 aliphatic heterocycles. The van der Waals surface area contributed by atoms with Crippen molar-refractivity contribution >= 4 is 5.91 Å². The largest absolute Gasteiger partial charge is 0.449 e. The molecule has 0 aromatic carbocycles. The van der Waals surface area contributed by atoms with Crippen molar-refractivity contribution in [3.8, 4) is 0 Å². The zero-order chi connectivity index (χ0) is 10.8. The quantitative estimate of drug-likeness (QED) is 0.782. The number of carbonyl (C=O) groups is 1. The maximum absolute atomic E-state index is 11.5. The van der Waals surface area contributed by atoms with Gasteiger partial charge in [-0.25, -0.2) is 4.98 Å². The van der Waals surface area contributed by atoms with Crippen molar-refractivity contribution in [3.63, 3.8) is 0 Å². The first-order valence-corrected chi connectivity index (χ1v) is 4.59. The van der Waals surface area contributed by atoms with Crippen molar-refractivity contribution in [1.29, 1.82) is 0 Å². The monoisotopic (exact) mass is 196 g/mol. The van der Waals surface area contributed by atoms with Crippen LogP contribution in [0, 0.1) is 12.3 Å². The Hall–Kier alpha value is -1.32. The van der Waals surface area contributed by atoms with Gasteiger partial charge in [-0.2, -0.15) is 0 Å². The Bertz CT molecular complexity index is 323. The average molecular weight is 196 g/mol. The van der Waals surface area contributed by atoms with Gasteiger partial charge in [0.05, 0.1) is 12.2 Å². The molecular formula is C10H16N2O2. The molecule has 0 atom stereocenters. The van der Waals surface area contributed by atoms with Crippen LogP contribution in [-0.4, -0.2) is 10.9 Å². The third kappa shape index (κ3) is 2.87. The highest BCUT2D eigenvalue weighted by molar-refractivity contribution is 5.81. The molecule has 0 aliphatic rings. The van der Waals surface area contributed by atoms with Crippen LogP contribution in [0.4, 0.5) is 0 Å². The van der Waals surface area contributed by atoms with Gasteiger partial charge in [-0.1, -0.05) is 20.8 Å². The van der Waals surface area contributed by atoms with Gasteiger partial charge in [0.2, 0.25) is 5.91 Å². The normalized spacial score (nSPS) is 11.4. The van der Waals surface area contributed by atoms with E-state index in [2.05, 4.69) is 10.3 Å². The highest BCUT2D eigenvalue weighted by Crippen LogP contribution is 2.12. The standard InChI is InChI=1S/C10H16N2O2/c1-7-12-8(6-14-7)5-11-9(13)10(2,3)4/h6H,5H2,1-4H3,(H,11,13). The molecule has 1 aromatic rings. The van der Waals surface area contributed by atoms with Gasteiger partial charge in [-0.3, -0.25) is 4.79 Å². The second kappa shape index (κ2) is 3.82. The van der Waals surface area contributed by atoms with E-state index in [-0.39, 0.29) is 11.3 Å². The molecule has 1 rings (SSSR count). The lowest BCUT2D eigenvalue weighted by Gasteiger charge is -2.16. The van der Waals surface area contributed by atoms with Gasteiger partial charge in [0.1, 0.15) is 6.26 Å². The van der Waals surface area contributed by atoms with Crippen molar-refractivity contribution in [3.05, 3.63) is 17.8 Å². The van der Waals surface area contributed by atoms with E-state index >= 15 is 0 Å². The molecule has 1 heterocycles. The third-order valence-corrected chi connectivity index (χ3v) is 1.78. The number of rotatable bonds is 2. The van der Waals surface area contributed by atoms with E-state index in [9.17, 15) is 4.79 Å². The van der Waals surface area contributed by atoms with Gasteiger partial charge in [-0.05, 0) is 0 Å². The number of nitrogens with one attached hydrogen (secondary N) is 1. The first kappa shape index (κ1) is 10.8. The van der Waals surface area contributed by atoms with Gasteiger partial charge >= 0.3 is 0 Å². The fraction of sp³-hybridized carbons (Fsp3) is 0.600. The minimum absolute atomic E-state index is 0.0122. The van der Waals surface area contributed by atoms with Gasteiger partial charge < -0.3 is 9.73 Å². The Morgan fingerprint density at radius 3 is 2.64 bits per heavy atom. The fourth-order valence-electron chi connectivity index (χ4n) is 0.925. The van der Waals surface area contributed by atoms with Crippen LogP contribution < -0.4 is 5.32 Å². The summed E-state index contributed by atoms with van der Waals surface area (Å²) < 4.78 is 5.02. The van der Waals surface area contributed by atoms with Gasteiger partial charge in [-0.15, -0.1) is 0 Å². The number of aromatic nitrogens is 1. The van der Waals surface area contributed by atoms with Crippen molar-refractivity contribution in [2.75, 3.05) is 0 Å². The van der Waals surface area contributed by atoms with Crippen LogP contribution >= 0.6 is 0 Å². The number of oxazole rings is 1. The smallest absolute Gasteiger partial charge is 0.225 e. The molecule has 78 valence electrons. The molecular weight excluding hydrogens is 180 g/mol. The van der Waals surface area contributed by atoms with E-state index in [1.54, 1.807) is 13.2 Å². The molecule has 0 saturated heterocycles. The zero-order valence-corrected chi connectivity index (χ0v) is 9.05. The van der Waals surface area contributed by atoms with Crippen LogP contribution in [0.25, 0.3) is 0 Å². The Labute approximate surface area is 83.7 Å². The van der Waals surface area contributed by atoms with Crippen LogP contribution in [0.15, 0.2) is 10.7 Å². The van der Waals surface area contributed by atoms with Gasteiger partial charge in [0.25, 0.3) is 0 Å². The molecule has 14 heavy (non-hydrogen) atoms. The maximum Gasteiger partial charge on any atom is 0.225 e. The van der Waals surface area contributed by atoms with Crippen LogP contribution in [0.1, 0.15) is 32.4 Å². The van der Waals surface area contributed by atoms with E-state index in [4.69, 9.17) is 4.42 Å². The highest BCUT2D eigenvalue weighted by Gasteiger charge is 2.20. The highest BCUT2D eigenvalue weighted by atomic mass is 16.3. The Morgan fingerprint density at radius 2 is 2.21 bits per heavy atom. The summed E-state index contributed by atoms with van der Waals surface area (Å²) in [5.74, 6) is 0.628. The summed E-state index contributed by atoms with van der Waals surface area (Å²) in [4.78, 5) is 15.6. The van der Waals surface area contributed by atoms with Crippen molar-refractivity contribution in [2.45, 2.75) is 34.2 Å². The lowest BCUT2D eigenvalue weighted by atomic mass is 9.96. The lowest BCUT2D eigenvalue weighted by molar-refractivity contribution is -0.128. The van der Waals surface area contributed by atoms with Crippen LogP contribution in [0.2, 0.25) is 0 Å². The minimum Gasteiger partial charge on any atom is -0.449 e. The Kier molecular flexibility index (Phi) is 2.93. The topological polar surface area (TPSA) is 55.1 Å². The van der Waals surface area contributed by atoms with E-state index in [1.807, 2.05) is 20.8 Å².